The van der Waals surface area contributed by atoms with E-state index in [1.165, 1.54) is 18.4 Å². The molecule has 2 heterocycles. The van der Waals surface area contributed by atoms with Gasteiger partial charge in [-0.05, 0) is 37.5 Å². The summed E-state index contributed by atoms with van der Waals surface area (Å²) in [6.45, 7) is 0. The van der Waals surface area contributed by atoms with Gasteiger partial charge in [-0.3, -0.25) is 4.98 Å². The smallest absolute Gasteiger partial charge is 0.125 e. The zero-order valence-electron chi connectivity index (χ0n) is 12.7. The Bertz CT molecular complexity index is 776. The molecule has 0 amide bonds. The highest BCUT2D eigenvalue weighted by Crippen LogP contribution is 2.37. The van der Waals surface area contributed by atoms with Crippen molar-refractivity contribution < 1.29 is 4.74 Å². The summed E-state index contributed by atoms with van der Waals surface area (Å²) < 4.78 is 5.54. The fraction of sp³-hybridized carbons (Fsp3) is 0.333. The van der Waals surface area contributed by atoms with Gasteiger partial charge in [-0.15, -0.1) is 0 Å². The van der Waals surface area contributed by atoms with E-state index in [0.717, 1.165) is 41.1 Å². The van der Waals surface area contributed by atoms with Crippen LogP contribution in [0.5, 0.6) is 5.75 Å². The summed E-state index contributed by atoms with van der Waals surface area (Å²) in [6.07, 6.45) is 6.31. The summed E-state index contributed by atoms with van der Waals surface area (Å²) in [7, 11) is 1.73. The monoisotopic (exact) mass is 293 g/mol. The summed E-state index contributed by atoms with van der Waals surface area (Å²) in [5.74, 6) is 2.19. The number of hydrogen-bond donors (Lipinski definition) is 1. The number of methoxy groups -OCH3 is 1. The Morgan fingerprint density at radius 1 is 1.18 bits per heavy atom. The van der Waals surface area contributed by atoms with Crippen LogP contribution in [-0.4, -0.2) is 22.1 Å². The number of benzene rings is 1. The number of rotatable bonds is 2. The van der Waals surface area contributed by atoms with E-state index in [-0.39, 0.29) is 5.92 Å². The lowest BCUT2D eigenvalue weighted by atomic mass is 9.97. The van der Waals surface area contributed by atoms with Gasteiger partial charge in [0, 0.05) is 11.8 Å². The van der Waals surface area contributed by atoms with Crippen molar-refractivity contribution in [3.63, 3.8) is 0 Å². The largest absolute Gasteiger partial charge is 0.496 e. The molecule has 4 rings (SSSR count). The van der Waals surface area contributed by atoms with E-state index in [1.807, 2.05) is 30.5 Å². The lowest BCUT2D eigenvalue weighted by molar-refractivity contribution is 0.408. The first-order valence-electron chi connectivity index (χ1n) is 7.83. The number of aromatic amines is 1. The second-order valence-electron chi connectivity index (χ2n) is 5.81. The van der Waals surface area contributed by atoms with Gasteiger partial charge in [0.2, 0.25) is 0 Å². The molecular weight excluding hydrogens is 274 g/mol. The van der Waals surface area contributed by atoms with Gasteiger partial charge in [0.1, 0.15) is 11.6 Å². The summed E-state index contributed by atoms with van der Waals surface area (Å²) in [5.41, 5.74) is 4.47. The first kappa shape index (κ1) is 13.3. The predicted octanol–water partition coefficient (Wildman–Crippen LogP) is 3.82. The maximum absolute atomic E-state index is 5.54. The van der Waals surface area contributed by atoms with E-state index in [0.29, 0.717) is 0 Å². The summed E-state index contributed by atoms with van der Waals surface area (Å²) >= 11 is 0. The number of pyridine rings is 1. The third kappa shape index (κ3) is 2.15. The number of imidazole rings is 1. The van der Waals surface area contributed by atoms with E-state index >= 15 is 0 Å². The summed E-state index contributed by atoms with van der Waals surface area (Å²) in [5, 5.41) is 0. The maximum Gasteiger partial charge on any atom is 0.125 e. The fourth-order valence-electron chi connectivity index (χ4n) is 3.42. The lowest BCUT2D eigenvalue weighted by Crippen LogP contribution is -2.08. The molecule has 0 bridgehead atoms. The van der Waals surface area contributed by atoms with Crippen LogP contribution >= 0.6 is 0 Å². The van der Waals surface area contributed by atoms with Crippen LogP contribution in [0, 0.1) is 0 Å². The zero-order valence-corrected chi connectivity index (χ0v) is 12.7. The second-order valence-corrected chi connectivity index (χ2v) is 5.81. The number of nitrogens with zero attached hydrogens (tertiary/aromatic N) is 2. The van der Waals surface area contributed by atoms with Crippen LogP contribution in [0.1, 0.15) is 42.3 Å². The maximum atomic E-state index is 5.54. The number of nitrogens with one attached hydrogen (secondary N) is 1. The topological polar surface area (TPSA) is 50.8 Å². The van der Waals surface area contributed by atoms with Crippen molar-refractivity contribution in [2.45, 2.75) is 31.6 Å². The van der Waals surface area contributed by atoms with Crippen LogP contribution in [0.3, 0.4) is 0 Å². The minimum absolute atomic E-state index is 0.222. The van der Waals surface area contributed by atoms with Gasteiger partial charge >= 0.3 is 0 Å². The minimum atomic E-state index is 0.222. The van der Waals surface area contributed by atoms with Gasteiger partial charge < -0.3 is 9.72 Å². The van der Waals surface area contributed by atoms with E-state index < -0.39 is 0 Å². The van der Waals surface area contributed by atoms with E-state index in [1.54, 1.807) is 7.11 Å². The zero-order chi connectivity index (χ0) is 14.9. The van der Waals surface area contributed by atoms with Crippen molar-refractivity contribution in [3.05, 3.63) is 53.6 Å². The standard InChI is InChI=1S/C18H19N3O/c1-22-16-10-11-19-17-12(16)6-2-3-7-13(17)18-20-14-8-4-5-9-15(14)21-18/h4-5,8-11,13H,2-3,6-7H2,1H3,(H,20,21). The molecule has 2 aromatic heterocycles. The number of aromatic nitrogens is 3. The molecule has 22 heavy (non-hydrogen) atoms. The second kappa shape index (κ2) is 5.44. The first-order valence-corrected chi connectivity index (χ1v) is 7.83. The molecule has 1 aliphatic carbocycles. The van der Waals surface area contributed by atoms with Gasteiger partial charge in [0.25, 0.3) is 0 Å². The van der Waals surface area contributed by atoms with Crippen LogP contribution in [-0.2, 0) is 6.42 Å². The Morgan fingerprint density at radius 2 is 2.09 bits per heavy atom. The van der Waals surface area contributed by atoms with E-state index in [4.69, 9.17) is 9.72 Å². The van der Waals surface area contributed by atoms with Crippen molar-refractivity contribution in [2.24, 2.45) is 0 Å². The molecule has 4 nitrogen and oxygen atoms in total. The summed E-state index contributed by atoms with van der Waals surface area (Å²) in [4.78, 5) is 13.0. The Labute approximate surface area is 129 Å². The van der Waals surface area contributed by atoms with Crippen molar-refractivity contribution >= 4 is 11.0 Å². The normalized spacial score (nSPS) is 18.0. The molecule has 0 fully saturated rings. The van der Waals surface area contributed by atoms with Crippen LogP contribution in [0.2, 0.25) is 0 Å². The van der Waals surface area contributed by atoms with Crippen molar-refractivity contribution in [2.75, 3.05) is 7.11 Å². The van der Waals surface area contributed by atoms with Gasteiger partial charge in [-0.25, -0.2) is 4.98 Å². The highest BCUT2D eigenvalue weighted by atomic mass is 16.5. The van der Waals surface area contributed by atoms with Crippen LogP contribution in [0.15, 0.2) is 36.5 Å². The predicted molar refractivity (Wildman–Crippen MR) is 86.3 cm³/mol. The number of fused-ring (bicyclic) bond motifs is 2. The molecular formula is C18H19N3O. The highest BCUT2D eigenvalue weighted by Gasteiger charge is 2.26. The van der Waals surface area contributed by atoms with Crippen LogP contribution in [0.25, 0.3) is 11.0 Å². The molecule has 0 saturated carbocycles. The number of ether oxygens (including phenoxy) is 1. The number of hydrogen-bond acceptors (Lipinski definition) is 3. The van der Waals surface area contributed by atoms with Crippen molar-refractivity contribution in [1.82, 2.24) is 15.0 Å². The van der Waals surface area contributed by atoms with Gasteiger partial charge in [0.05, 0.1) is 29.8 Å². The van der Waals surface area contributed by atoms with Crippen LogP contribution < -0.4 is 4.74 Å². The Hall–Kier alpha value is -2.36. The van der Waals surface area contributed by atoms with Crippen LogP contribution in [0.4, 0.5) is 0 Å². The molecule has 1 aromatic carbocycles. The molecule has 0 aliphatic heterocycles. The molecule has 0 saturated heterocycles. The molecule has 112 valence electrons. The van der Waals surface area contributed by atoms with E-state index in [2.05, 4.69) is 16.0 Å². The Balaban J connectivity index is 1.85. The SMILES string of the molecule is COc1ccnc2c1CCCCC2c1nc2ccccc2[nH]1. The molecule has 0 radical (unpaired) electrons. The molecule has 0 spiro atoms. The van der Waals surface area contributed by atoms with Gasteiger partial charge in [-0.2, -0.15) is 0 Å². The average Bonchev–Trinajstić information content (AvgIpc) is 2.86. The number of para-hydroxylation sites is 2. The number of H-pyrrole nitrogens is 1. The Kier molecular flexibility index (Phi) is 3.29. The van der Waals surface area contributed by atoms with Crippen molar-refractivity contribution in [3.8, 4) is 5.75 Å². The Morgan fingerprint density at radius 3 is 2.95 bits per heavy atom. The highest BCUT2D eigenvalue weighted by molar-refractivity contribution is 5.75. The minimum Gasteiger partial charge on any atom is -0.496 e. The molecule has 3 aromatic rings. The van der Waals surface area contributed by atoms with Gasteiger partial charge in [0.15, 0.2) is 0 Å². The van der Waals surface area contributed by atoms with Crippen molar-refractivity contribution in [1.29, 1.82) is 0 Å². The fourth-order valence-corrected chi connectivity index (χ4v) is 3.42. The molecule has 1 aliphatic rings. The third-order valence-corrected chi connectivity index (χ3v) is 4.50. The molecule has 1 atom stereocenters. The molecule has 1 unspecified atom stereocenters. The molecule has 1 N–H and O–H groups in total. The first-order chi connectivity index (χ1) is 10.9. The average molecular weight is 293 g/mol. The molecule has 4 heteroatoms. The quantitative estimate of drug-likeness (QED) is 0.731. The van der Waals surface area contributed by atoms with Gasteiger partial charge in [-0.1, -0.05) is 18.6 Å². The third-order valence-electron chi connectivity index (χ3n) is 4.50. The lowest BCUT2D eigenvalue weighted by Gasteiger charge is -2.16. The van der Waals surface area contributed by atoms with E-state index in [9.17, 15) is 0 Å². The summed E-state index contributed by atoms with van der Waals surface area (Å²) in [6, 6.07) is 10.1.